The Morgan fingerprint density at radius 2 is 1.76 bits per heavy atom. The Bertz CT molecular complexity index is 1040. The lowest BCUT2D eigenvalue weighted by Gasteiger charge is -2.41. The first kappa shape index (κ1) is 23.0. The minimum Gasteiger partial charge on any atom is -0.394 e. The summed E-state index contributed by atoms with van der Waals surface area (Å²) in [6.07, 6.45) is -1.55. The van der Waals surface area contributed by atoms with Crippen molar-refractivity contribution in [3.05, 3.63) is 89.3 Å². The minimum absolute atomic E-state index is 0.113. The number of nitrogens with one attached hydrogen (secondary N) is 2. The number of Topliss-reactive ketones (excluding diaryl/α,β-unsaturated/α-hetero) is 1. The van der Waals surface area contributed by atoms with Crippen molar-refractivity contribution >= 4 is 11.5 Å². The Balaban J connectivity index is 0.000000376. The first-order valence-corrected chi connectivity index (χ1v) is 11.2. The lowest BCUT2D eigenvalue weighted by atomic mass is 9.69. The van der Waals surface area contributed by atoms with E-state index in [-0.39, 0.29) is 17.4 Å². The summed E-state index contributed by atoms with van der Waals surface area (Å²) < 4.78 is 39.4. The molecule has 1 aliphatic heterocycles. The SMILES string of the molecule is C=C1C(=O)C(N)=C1NCC1CCC2CNc3ccc(C(F)(F)F)cc3C2C1.c1ccccc1. The molecule has 2 aromatic rings. The molecule has 3 aliphatic rings. The van der Waals surface area contributed by atoms with Gasteiger partial charge in [-0.15, -0.1) is 0 Å². The molecule has 2 aliphatic carbocycles. The Morgan fingerprint density at radius 3 is 2.36 bits per heavy atom. The van der Waals surface area contributed by atoms with Crippen LogP contribution in [0.2, 0.25) is 0 Å². The smallest absolute Gasteiger partial charge is 0.394 e. The Labute approximate surface area is 191 Å². The van der Waals surface area contributed by atoms with Crippen molar-refractivity contribution in [1.29, 1.82) is 0 Å². The summed E-state index contributed by atoms with van der Waals surface area (Å²) in [7, 11) is 0. The van der Waals surface area contributed by atoms with Crippen LogP contribution in [-0.4, -0.2) is 18.9 Å². The highest BCUT2D eigenvalue weighted by atomic mass is 19.4. The van der Waals surface area contributed by atoms with Crippen molar-refractivity contribution in [2.24, 2.45) is 17.6 Å². The molecule has 174 valence electrons. The van der Waals surface area contributed by atoms with Crippen molar-refractivity contribution < 1.29 is 18.0 Å². The van der Waals surface area contributed by atoms with Gasteiger partial charge in [0, 0.05) is 24.4 Å². The normalized spacial score (nSPS) is 23.9. The van der Waals surface area contributed by atoms with Gasteiger partial charge in [0.05, 0.1) is 11.3 Å². The molecule has 0 radical (unpaired) electrons. The van der Waals surface area contributed by atoms with Gasteiger partial charge in [0.1, 0.15) is 5.70 Å². The summed E-state index contributed by atoms with van der Waals surface area (Å²) in [5, 5.41) is 6.50. The fourth-order valence-corrected chi connectivity index (χ4v) is 4.90. The number of rotatable bonds is 3. The Hall–Kier alpha value is -3.22. The first-order chi connectivity index (χ1) is 15.8. The molecule has 1 saturated carbocycles. The molecule has 4 N–H and O–H groups in total. The molecule has 0 saturated heterocycles. The summed E-state index contributed by atoms with van der Waals surface area (Å²) in [6, 6.07) is 16.0. The predicted octanol–water partition coefficient (Wildman–Crippen LogP) is 5.22. The summed E-state index contributed by atoms with van der Waals surface area (Å²) in [5.41, 5.74) is 7.92. The molecule has 1 heterocycles. The highest BCUT2D eigenvalue weighted by molar-refractivity contribution is 6.18. The van der Waals surface area contributed by atoms with Crippen molar-refractivity contribution in [2.75, 3.05) is 18.4 Å². The van der Waals surface area contributed by atoms with Crippen molar-refractivity contribution in [3.63, 3.8) is 0 Å². The van der Waals surface area contributed by atoms with Crippen LogP contribution in [0.3, 0.4) is 0 Å². The second kappa shape index (κ2) is 9.33. The highest BCUT2D eigenvalue weighted by Crippen LogP contribution is 2.47. The van der Waals surface area contributed by atoms with Gasteiger partial charge in [-0.25, -0.2) is 0 Å². The maximum Gasteiger partial charge on any atom is 0.416 e. The quantitative estimate of drug-likeness (QED) is 0.556. The summed E-state index contributed by atoms with van der Waals surface area (Å²) in [4.78, 5) is 11.4. The average molecular weight is 456 g/mol. The molecular weight excluding hydrogens is 427 g/mol. The predicted molar refractivity (Wildman–Crippen MR) is 123 cm³/mol. The molecular formula is C26H28F3N3O. The number of hydrogen-bond acceptors (Lipinski definition) is 4. The van der Waals surface area contributed by atoms with Crippen LogP contribution >= 0.6 is 0 Å². The number of alkyl halides is 3. The molecule has 3 atom stereocenters. The van der Waals surface area contributed by atoms with Gasteiger partial charge in [-0.3, -0.25) is 4.79 Å². The van der Waals surface area contributed by atoms with Crippen LogP contribution in [-0.2, 0) is 11.0 Å². The molecule has 2 aromatic carbocycles. The Morgan fingerprint density at radius 1 is 1.09 bits per heavy atom. The number of halogens is 3. The van der Waals surface area contributed by atoms with Crippen LogP contribution in [0.1, 0.15) is 36.3 Å². The van der Waals surface area contributed by atoms with Crippen molar-refractivity contribution in [1.82, 2.24) is 5.32 Å². The van der Waals surface area contributed by atoms with Gasteiger partial charge >= 0.3 is 6.18 Å². The third-order valence-electron chi connectivity index (χ3n) is 6.76. The molecule has 7 heteroatoms. The van der Waals surface area contributed by atoms with Crippen molar-refractivity contribution in [3.8, 4) is 0 Å². The number of carbonyl (C=O) groups excluding carboxylic acids is 1. The summed E-state index contributed by atoms with van der Waals surface area (Å²) >= 11 is 0. The monoisotopic (exact) mass is 455 g/mol. The van der Waals surface area contributed by atoms with E-state index in [0.29, 0.717) is 29.7 Å². The molecule has 4 nitrogen and oxygen atoms in total. The third-order valence-corrected chi connectivity index (χ3v) is 6.76. The van der Waals surface area contributed by atoms with Crippen molar-refractivity contribution in [2.45, 2.75) is 31.4 Å². The topological polar surface area (TPSA) is 67.2 Å². The minimum atomic E-state index is -4.33. The van der Waals surface area contributed by atoms with E-state index in [1.807, 2.05) is 36.4 Å². The number of allylic oxidation sites excluding steroid dienone is 2. The van der Waals surface area contributed by atoms with E-state index >= 15 is 0 Å². The molecule has 33 heavy (non-hydrogen) atoms. The van der Waals surface area contributed by atoms with E-state index in [9.17, 15) is 18.0 Å². The summed E-state index contributed by atoms with van der Waals surface area (Å²) in [5.74, 6) is 0.562. The standard InChI is InChI=1S/C20H22F3N3O.C6H6/c1-10-18(17(24)19(10)27)26-8-11-2-3-12-9-25-16-5-4-13(20(21,22)23)7-15(16)14(12)6-11;1-2-4-6-5-3-1/h4-5,7,11-12,14,25-26H,1-3,6,8-9,24H2;1-6H. The summed E-state index contributed by atoms with van der Waals surface area (Å²) in [6.45, 7) is 5.14. The van der Waals surface area contributed by atoms with Crippen LogP contribution < -0.4 is 16.4 Å². The van der Waals surface area contributed by atoms with Gasteiger partial charge < -0.3 is 16.4 Å². The van der Waals surface area contributed by atoms with E-state index < -0.39 is 11.7 Å². The first-order valence-electron chi connectivity index (χ1n) is 11.2. The van der Waals surface area contributed by atoms with Crippen LogP contribution in [0.5, 0.6) is 0 Å². The Kier molecular flexibility index (Phi) is 6.49. The second-order valence-corrected chi connectivity index (χ2v) is 8.86. The molecule has 0 amide bonds. The molecule has 0 spiro atoms. The number of ketones is 1. The lowest BCUT2D eigenvalue weighted by molar-refractivity contribution is -0.137. The number of fused-ring (bicyclic) bond motifs is 3. The largest absolute Gasteiger partial charge is 0.416 e. The zero-order valence-electron chi connectivity index (χ0n) is 18.3. The number of hydrogen-bond donors (Lipinski definition) is 3. The number of carbonyl (C=O) groups is 1. The molecule has 0 aromatic heterocycles. The molecule has 0 bridgehead atoms. The van der Waals surface area contributed by atoms with E-state index in [0.717, 1.165) is 43.1 Å². The number of benzene rings is 2. The lowest BCUT2D eigenvalue weighted by Crippen LogP contribution is -2.39. The number of nitrogens with two attached hydrogens (primary N) is 1. The van der Waals surface area contributed by atoms with Gasteiger partial charge in [-0.05, 0) is 60.8 Å². The van der Waals surface area contributed by atoms with E-state index in [2.05, 4.69) is 17.2 Å². The maximum absolute atomic E-state index is 13.1. The zero-order chi connectivity index (χ0) is 23.6. The molecule has 5 rings (SSSR count). The second-order valence-electron chi connectivity index (χ2n) is 8.86. The third kappa shape index (κ3) is 4.92. The van der Waals surface area contributed by atoms with Crippen LogP contribution in [0.15, 0.2) is 78.1 Å². The van der Waals surface area contributed by atoms with Gasteiger partial charge in [0.2, 0.25) is 5.78 Å². The number of anilines is 1. The van der Waals surface area contributed by atoms with E-state index in [1.54, 1.807) is 6.07 Å². The van der Waals surface area contributed by atoms with E-state index in [1.165, 1.54) is 6.07 Å². The van der Waals surface area contributed by atoms with Gasteiger partial charge in [-0.2, -0.15) is 13.2 Å². The maximum atomic E-state index is 13.1. The average Bonchev–Trinajstić information content (AvgIpc) is 2.84. The zero-order valence-corrected chi connectivity index (χ0v) is 18.3. The fraction of sp³-hybridized carbons (Fsp3) is 0.346. The highest BCUT2D eigenvalue weighted by Gasteiger charge is 2.38. The fourth-order valence-electron chi connectivity index (χ4n) is 4.90. The van der Waals surface area contributed by atoms with Gasteiger partial charge in [-0.1, -0.05) is 43.0 Å². The van der Waals surface area contributed by atoms with Crippen LogP contribution in [0.25, 0.3) is 0 Å². The van der Waals surface area contributed by atoms with Crippen LogP contribution in [0, 0.1) is 11.8 Å². The molecule has 3 unspecified atom stereocenters. The van der Waals surface area contributed by atoms with Gasteiger partial charge in [0.15, 0.2) is 0 Å². The van der Waals surface area contributed by atoms with Crippen LogP contribution in [0.4, 0.5) is 18.9 Å². The molecule has 1 fully saturated rings. The van der Waals surface area contributed by atoms with E-state index in [4.69, 9.17) is 5.73 Å². The van der Waals surface area contributed by atoms with Gasteiger partial charge in [0.25, 0.3) is 0 Å².